The van der Waals surface area contributed by atoms with E-state index < -0.39 is 59.6 Å². The van der Waals surface area contributed by atoms with Crippen molar-refractivity contribution >= 4 is 30.4 Å². The van der Waals surface area contributed by atoms with E-state index in [2.05, 4.69) is 17.2 Å². The highest BCUT2D eigenvalue weighted by molar-refractivity contribution is 5.73. The summed E-state index contributed by atoms with van der Waals surface area (Å²) < 4.78 is 20.7. The number of benzene rings is 2. The number of hydrogen-bond donors (Lipinski definition) is 2. The highest BCUT2D eigenvalue weighted by Crippen LogP contribution is 2.14. The monoisotopic (exact) mass is 640 g/mol. The number of carbonyl (C=O) groups excluding carboxylic acids is 5. The molecule has 2 aromatic carbocycles. The first-order valence-corrected chi connectivity index (χ1v) is 14.9. The zero-order valence-corrected chi connectivity index (χ0v) is 28.0. The lowest BCUT2D eigenvalue weighted by Crippen LogP contribution is -2.48. The molecule has 0 aliphatic carbocycles. The van der Waals surface area contributed by atoms with Gasteiger partial charge in [0.2, 0.25) is 0 Å². The maximum absolute atomic E-state index is 12.1. The van der Waals surface area contributed by atoms with Crippen LogP contribution in [0.5, 0.6) is 0 Å². The standard InChI is InChI=1S/C18H25NO4.C17H23NO5/c1-6-16(22-13(2)20)15(12-14-10-8-7-9-11-14)19-17(21)23-18(3,4)5;1-12(20)22-15(11-19)14(10-13-8-6-5-7-9-13)18-16(21)23-17(2,3)4/h6-11,15-16H,1,12H2,2-5H3,(H,19,21);5-9,11,14-15H,10H2,1-4H3,(H,18,21)/t15-,16-;14-,15-/m00/s1. The molecule has 0 saturated carbocycles. The van der Waals surface area contributed by atoms with Gasteiger partial charge in [-0.05, 0) is 71.6 Å². The highest BCUT2D eigenvalue weighted by atomic mass is 16.6. The number of rotatable bonds is 12. The van der Waals surface area contributed by atoms with Crippen LogP contribution in [0.4, 0.5) is 9.59 Å². The first-order valence-electron chi connectivity index (χ1n) is 14.9. The summed E-state index contributed by atoms with van der Waals surface area (Å²) >= 11 is 0. The topological polar surface area (TPSA) is 146 Å². The van der Waals surface area contributed by atoms with E-state index in [-0.39, 0.29) is 0 Å². The average Bonchev–Trinajstić information content (AvgIpc) is 2.93. The third kappa shape index (κ3) is 17.6. The van der Waals surface area contributed by atoms with Crippen molar-refractivity contribution < 1.29 is 42.9 Å². The fraction of sp³-hybridized carbons (Fsp3) is 0.457. The second-order valence-electron chi connectivity index (χ2n) is 12.4. The van der Waals surface area contributed by atoms with Crippen molar-refractivity contribution in [3.05, 3.63) is 84.4 Å². The van der Waals surface area contributed by atoms with Crippen LogP contribution >= 0.6 is 0 Å². The molecular formula is C35H48N2O9. The Labute approximate surface area is 272 Å². The zero-order valence-electron chi connectivity index (χ0n) is 28.0. The number of alkyl carbamates (subject to hydrolysis) is 2. The van der Waals surface area contributed by atoms with Crippen molar-refractivity contribution in [3.63, 3.8) is 0 Å². The number of esters is 2. The van der Waals surface area contributed by atoms with E-state index in [4.69, 9.17) is 18.9 Å². The Kier molecular flexibility index (Phi) is 16.2. The smallest absolute Gasteiger partial charge is 0.408 e. The van der Waals surface area contributed by atoms with Gasteiger partial charge in [-0.2, -0.15) is 0 Å². The molecule has 46 heavy (non-hydrogen) atoms. The maximum Gasteiger partial charge on any atom is 0.408 e. The predicted octanol–water partition coefficient (Wildman–Crippen LogP) is 5.49. The molecule has 2 aromatic rings. The van der Waals surface area contributed by atoms with Crippen molar-refractivity contribution in [2.75, 3.05) is 0 Å². The van der Waals surface area contributed by atoms with E-state index in [1.807, 2.05) is 60.7 Å². The summed E-state index contributed by atoms with van der Waals surface area (Å²) in [6, 6.07) is 17.7. The number of ether oxygens (including phenoxy) is 4. The third-order valence-corrected chi connectivity index (χ3v) is 5.76. The van der Waals surface area contributed by atoms with Crippen LogP contribution in [0.25, 0.3) is 0 Å². The molecule has 0 aliphatic rings. The van der Waals surface area contributed by atoms with Crippen molar-refractivity contribution in [1.82, 2.24) is 10.6 Å². The summed E-state index contributed by atoms with van der Waals surface area (Å²) in [6.07, 6.45) is -0.116. The molecule has 0 fully saturated rings. The van der Waals surface area contributed by atoms with Crippen molar-refractivity contribution in [1.29, 1.82) is 0 Å². The Hall–Kier alpha value is -4.67. The van der Waals surface area contributed by atoms with Gasteiger partial charge in [0, 0.05) is 13.8 Å². The SMILES string of the molecule is C=C[C@H](OC(C)=O)[C@H](Cc1ccccc1)NC(=O)OC(C)(C)C.CC(=O)O[C@@H](C=O)[C@H](Cc1ccccc1)NC(=O)OC(C)(C)C. The van der Waals surface area contributed by atoms with Crippen LogP contribution in [0.1, 0.15) is 66.5 Å². The van der Waals surface area contributed by atoms with Gasteiger partial charge in [-0.25, -0.2) is 9.59 Å². The van der Waals surface area contributed by atoms with Crippen LogP contribution in [0.15, 0.2) is 73.3 Å². The van der Waals surface area contributed by atoms with Crippen LogP contribution in [0, 0.1) is 0 Å². The summed E-state index contributed by atoms with van der Waals surface area (Å²) in [5.74, 6) is -1.02. The Morgan fingerprint density at radius 1 is 0.674 bits per heavy atom. The molecule has 252 valence electrons. The lowest BCUT2D eigenvalue weighted by Gasteiger charge is -2.27. The van der Waals surface area contributed by atoms with E-state index in [1.165, 1.54) is 19.9 Å². The second kappa shape index (κ2) is 19.0. The molecule has 11 heteroatoms. The molecule has 2 rings (SSSR count). The van der Waals surface area contributed by atoms with Gasteiger partial charge < -0.3 is 29.6 Å². The Morgan fingerprint density at radius 3 is 1.33 bits per heavy atom. The maximum atomic E-state index is 12.1. The van der Waals surface area contributed by atoms with Crippen molar-refractivity contribution in [2.45, 2.75) is 104 Å². The van der Waals surface area contributed by atoms with Gasteiger partial charge in [0.1, 0.15) is 17.3 Å². The number of aldehydes is 1. The first kappa shape index (κ1) is 39.4. The van der Waals surface area contributed by atoms with E-state index >= 15 is 0 Å². The number of nitrogens with one attached hydrogen (secondary N) is 2. The summed E-state index contributed by atoms with van der Waals surface area (Å²) in [5.41, 5.74) is 0.631. The molecule has 2 N–H and O–H groups in total. The van der Waals surface area contributed by atoms with E-state index in [0.717, 1.165) is 11.1 Å². The van der Waals surface area contributed by atoms with E-state index in [9.17, 15) is 24.0 Å². The molecule has 11 nitrogen and oxygen atoms in total. The molecule has 2 amide bonds. The van der Waals surface area contributed by atoms with E-state index in [0.29, 0.717) is 19.1 Å². The van der Waals surface area contributed by atoms with Gasteiger partial charge in [-0.3, -0.25) is 14.4 Å². The highest BCUT2D eigenvalue weighted by Gasteiger charge is 2.29. The molecule has 0 aliphatic heterocycles. The fourth-order valence-electron chi connectivity index (χ4n) is 4.04. The molecule has 0 unspecified atom stereocenters. The lowest BCUT2D eigenvalue weighted by atomic mass is 10.0. The van der Waals surface area contributed by atoms with Gasteiger partial charge in [0.15, 0.2) is 12.4 Å². The van der Waals surface area contributed by atoms with Crippen molar-refractivity contribution in [3.8, 4) is 0 Å². The van der Waals surface area contributed by atoms with Gasteiger partial charge in [-0.15, -0.1) is 0 Å². The van der Waals surface area contributed by atoms with Gasteiger partial charge in [-0.1, -0.05) is 67.2 Å². The average molecular weight is 641 g/mol. The number of amides is 2. The minimum absolute atomic E-state index is 0.330. The number of hydrogen-bond acceptors (Lipinski definition) is 9. The third-order valence-electron chi connectivity index (χ3n) is 5.76. The molecular weight excluding hydrogens is 592 g/mol. The van der Waals surface area contributed by atoms with Gasteiger partial charge in [0.25, 0.3) is 0 Å². The van der Waals surface area contributed by atoms with Crippen LogP contribution in [-0.2, 0) is 46.2 Å². The summed E-state index contributed by atoms with van der Waals surface area (Å²) in [6.45, 7) is 16.8. The summed E-state index contributed by atoms with van der Waals surface area (Å²) in [4.78, 5) is 57.7. The Bertz CT molecular complexity index is 1170. The molecule has 0 spiro atoms. The van der Waals surface area contributed by atoms with Crippen LogP contribution < -0.4 is 10.6 Å². The van der Waals surface area contributed by atoms with Crippen LogP contribution in [0.2, 0.25) is 0 Å². The van der Waals surface area contributed by atoms with Gasteiger partial charge >= 0.3 is 24.1 Å². The largest absolute Gasteiger partial charge is 0.456 e. The normalized spacial score (nSPS) is 13.6. The van der Waals surface area contributed by atoms with Crippen LogP contribution in [-0.4, -0.2) is 65.9 Å². The zero-order chi connectivity index (χ0) is 34.9. The molecule has 0 radical (unpaired) electrons. The molecule has 0 saturated heterocycles. The number of carbonyl (C=O) groups is 5. The van der Waals surface area contributed by atoms with Crippen molar-refractivity contribution in [2.24, 2.45) is 0 Å². The minimum atomic E-state index is -1.08. The fourth-order valence-corrected chi connectivity index (χ4v) is 4.04. The predicted molar refractivity (Wildman–Crippen MR) is 174 cm³/mol. The summed E-state index contributed by atoms with van der Waals surface area (Å²) in [7, 11) is 0. The molecule has 0 bridgehead atoms. The van der Waals surface area contributed by atoms with E-state index in [1.54, 1.807) is 41.5 Å². The Balaban J connectivity index is 0.000000460. The first-order chi connectivity index (χ1) is 21.4. The quantitative estimate of drug-likeness (QED) is 0.133. The minimum Gasteiger partial charge on any atom is -0.456 e. The second-order valence-corrected chi connectivity index (χ2v) is 12.4. The molecule has 0 aromatic heterocycles. The van der Waals surface area contributed by atoms with Gasteiger partial charge in [0.05, 0.1) is 12.1 Å². The molecule has 4 atom stereocenters. The molecule has 0 heterocycles. The summed E-state index contributed by atoms with van der Waals surface area (Å²) in [5, 5.41) is 5.38. The Morgan fingerprint density at radius 2 is 1.02 bits per heavy atom. The van der Waals surface area contributed by atoms with Crippen LogP contribution in [0.3, 0.4) is 0 Å². The lowest BCUT2D eigenvalue weighted by molar-refractivity contribution is -0.151.